The Balaban J connectivity index is 1.83. The number of aliphatic hydroxyl groups is 1. The Bertz CT molecular complexity index is 1120. The Labute approximate surface area is 171 Å². The van der Waals surface area contributed by atoms with Gasteiger partial charge in [0.2, 0.25) is 0 Å². The van der Waals surface area contributed by atoms with E-state index in [4.69, 9.17) is 4.99 Å². The number of hydrogen-bond donors (Lipinski definition) is 1. The molecule has 0 spiro atoms. The highest BCUT2D eigenvalue weighted by molar-refractivity contribution is 6.25. The molecule has 0 atom stereocenters. The zero-order valence-corrected chi connectivity index (χ0v) is 16.9. The summed E-state index contributed by atoms with van der Waals surface area (Å²) in [4.78, 5) is 17.9. The SMILES string of the molecule is CC1(C)CC(=O)C(=C(O)Cc2ccccc2)C(=Nc2cccc3ccccc23)C1. The Kier molecular flexibility index (Phi) is 5.06. The number of hydrogen-bond acceptors (Lipinski definition) is 3. The van der Waals surface area contributed by atoms with Gasteiger partial charge >= 0.3 is 0 Å². The minimum Gasteiger partial charge on any atom is -0.511 e. The lowest BCUT2D eigenvalue weighted by atomic mass is 9.73. The van der Waals surface area contributed by atoms with Gasteiger partial charge in [0.25, 0.3) is 0 Å². The van der Waals surface area contributed by atoms with Gasteiger partial charge in [-0.25, -0.2) is 0 Å². The van der Waals surface area contributed by atoms with E-state index in [0.717, 1.165) is 22.0 Å². The fraction of sp³-hybridized carbons (Fsp3) is 0.231. The number of carbonyl (C=O) groups excluding carboxylic acids is 1. The van der Waals surface area contributed by atoms with Crippen molar-refractivity contribution in [3.63, 3.8) is 0 Å². The van der Waals surface area contributed by atoms with Gasteiger partial charge in [0, 0.05) is 18.2 Å². The summed E-state index contributed by atoms with van der Waals surface area (Å²) in [5.74, 6) is 0.0735. The van der Waals surface area contributed by atoms with Crippen LogP contribution in [0.3, 0.4) is 0 Å². The van der Waals surface area contributed by atoms with Gasteiger partial charge in [-0.3, -0.25) is 9.79 Å². The van der Waals surface area contributed by atoms with Gasteiger partial charge in [-0.15, -0.1) is 0 Å². The lowest BCUT2D eigenvalue weighted by Crippen LogP contribution is -2.32. The maximum atomic E-state index is 13.0. The summed E-state index contributed by atoms with van der Waals surface area (Å²) >= 11 is 0. The molecule has 0 heterocycles. The number of allylic oxidation sites excluding steroid dienone is 2. The van der Waals surface area contributed by atoms with E-state index in [1.54, 1.807) is 0 Å². The van der Waals surface area contributed by atoms with Crippen LogP contribution in [0.25, 0.3) is 10.8 Å². The number of carbonyl (C=O) groups is 1. The summed E-state index contributed by atoms with van der Waals surface area (Å²) in [5, 5.41) is 13.1. The highest BCUT2D eigenvalue weighted by Crippen LogP contribution is 2.37. The number of aliphatic hydroxyl groups excluding tert-OH is 1. The molecule has 1 fully saturated rings. The average molecular weight is 383 g/mol. The van der Waals surface area contributed by atoms with Crippen LogP contribution in [0, 0.1) is 5.41 Å². The largest absolute Gasteiger partial charge is 0.511 e. The summed E-state index contributed by atoms with van der Waals surface area (Å²) in [6.07, 6.45) is 1.39. The van der Waals surface area contributed by atoms with Crippen molar-refractivity contribution >= 4 is 28.0 Å². The summed E-state index contributed by atoms with van der Waals surface area (Å²) in [6.45, 7) is 4.16. The van der Waals surface area contributed by atoms with Crippen LogP contribution >= 0.6 is 0 Å². The van der Waals surface area contributed by atoms with Crippen LogP contribution < -0.4 is 0 Å². The van der Waals surface area contributed by atoms with Crippen LogP contribution in [0.1, 0.15) is 32.3 Å². The Morgan fingerprint density at radius 1 is 0.931 bits per heavy atom. The third-order valence-electron chi connectivity index (χ3n) is 5.38. The quantitative estimate of drug-likeness (QED) is 0.423. The molecule has 1 aliphatic rings. The van der Waals surface area contributed by atoms with E-state index in [-0.39, 0.29) is 17.0 Å². The van der Waals surface area contributed by atoms with Crippen molar-refractivity contribution in [1.29, 1.82) is 0 Å². The van der Waals surface area contributed by atoms with E-state index in [1.807, 2.05) is 60.7 Å². The summed E-state index contributed by atoms with van der Waals surface area (Å²) < 4.78 is 0. The molecule has 0 unspecified atom stereocenters. The Hall–Kier alpha value is -3.20. The lowest BCUT2D eigenvalue weighted by Gasteiger charge is -2.31. The van der Waals surface area contributed by atoms with E-state index in [9.17, 15) is 9.90 Å². The number of fused-ring (bicyclic) bond motifs is 1. The van der Waals surface area contributed by atoms with Gasteiger partial charge in [0.15, 0.2) is 5.78 Å². The number of rotatable bonds is 3. The van der Waals surface area contributed by atoms with Gasteiger partial charge < -0.3 is 5.11 Å². The summed E-state index contributed by atoms with van der Waals surface area (Å²) in [7, 11) is 0. The normalized spacial score (nSPS) is 19.5. The van der Waals surface area contributed by atoms with Crippen molar-refractivity contribution in [2.24, 2.45) is 10.4 Å². The van der Waals surface area contributed by atoms with Crippen molar-refractivity contribution in [2.75, 3.05) is 0 Å². The number of nitrogens with zero attached hydrogens (tertiary/aromatic N) is 1. The molecule has 0 aromatic heterocycles. The first kappa shape index (κ1) is 19.1. The minimum absolute atomic E-state index is 0.0336. The Morgan fingerprint density at radius 2 is 1.62 bits per heavy atom. The molecule has 1 N–H and O–H groups in total. The third-order valence-corrected chi connectivity index (χ3v) is 5.38. The van der Waals surface area contributed by atoms with Gasteiger partial charge in [0.1, 0.15) is 5.76 Å². The molecule has 0 saturated heterocycles. The monoisotopic (exact) mass is 383 g/mol. The van der Waals surface area contributed by atoms with Gasteiger partial charge in [-0.1, -0.05) is 80.6 Å². The highest BCUT2D eigenvalue weighted by Gasteiger charge is 2.36. The molecule has 4 rings (SSSR count). The minimum atomic E-state index is -0.184. The smallest absolute Gasteiger partial charge is 0.168 e. The van der Waals surface area contributed by atoms with Crippen LogP contribution in [0.15, 0.2) is 89.1 Å². The van der Waals surface area contributed by atoms with Crippen LogP contribution in [-0.4, -0.2) is 16.6 Å². The topological polar surface area (TPSA) is 49.7 Å². The zero-order chi connectivity index (χ0) is 20.4. The first-order valence-corrected chi connectivity index (χ1v) is 9.98. The predicted molar refractivity (Wildman–Crippen MR) is 119 cm³/mol. The number of aliphatic imine (C=N–C) groups is 1. The highest BCUT2D eigenvalue weighted by atomic mass is 16.3. The molecule has 0 bridgehead atoms. The number of ketones is 1. The second-order valence-corrected chi connectivity index (χ2v) is 8.48. The second kappa shape index (κ2) is 7.67. The molecule has 0 radical (unpaired) electrons. The molecule has 0 aliphatic heterocycles. The maximum Gasteiger partial charge on any atom is 0.168 e. The maximum absolute atomic E-state index is 13.0. The molecule has 146 valence electrons. The molecule has 1 saturated carbocycles. The molecule has 3 aromatic rings. The molecule has 3 aromatic carbocycles. The van der Waals surface area contributed by atoms with Crippen molar-refractivity contribution in [2.45, 2.75) is 33.1 Å². The van der Waals surface area contributed by atoms with Crippen LogP contribution in [0.4, 0.5) is 5.69 Å². The molecule has 0 amide bonds. The first-order valence-electron chi connectivity index (χ1n) is 9.98. The predicted octanol–water partition coefficient (Wildman–Crippen LogP) is 6.36. The number of Topliss-reactive ketones (excluding diaryl/α,β-unsaturated/α-hetero) is 1. The van der Waals surface area contributed by atoms with Crippen molar-refractivity contribution in [1.82, 2.24) is 0 Å². The summed E-state index contributed by atoms with van der Waals surface area (Å²) in [6, 6.07) is 23.8. The van der Waals surface area contributed by atoms with E-state index in [2.05, 4.69) is 26.0 Å². The van der Waals surface area contributed by atoms with Gasteiger partial charge in [0.05, 0.1) is 17.0 Å². The standard InChI is InChI=1S/C26H25NO2/c1-26(2)16-22(27-21-14-8-12-19-11-6-7-13-20(19)21)25(24(29)17-26)23(28)15-18-9-4-3-5-10-18/h3-14,28H,15-17H2,1-2H3. The van der Waals surface area contributed by atoms with Crippen molar-refractivity contribution in [3.8, 4) is 0 Å². The Morgan fingerprint density at radius 3 is 2.41 bits per heavy atom. The number of benzene rings is 3. The van der Waals surface area contributed by atoms with E-state index in [1.165, 1.54) is 0 Å². The van der Waals surface area contributed by atoms with Crippen LogP contribution in [0.2, 0.25) is 0 Å². The van der Waals surface area contributed by atoms with Crippen molar-refractivity contribution in [3.05, 3.63) is 89.7 Å². The molecule has 1 aliphatic carbocycles. The van der Waals surface area contributed by atoms with E-state index in [0.29, 0.717) is 30.5 Å². The molecule has 3 nitrogen and oxygen atoms in total. The van der Waals surface area contributed by atoms with E-state index >= 15 is 0 Å². The molecule has 29 heavy (non-hydrogen) atoms. The zero-order valence-electron chi connectivity index (χ0n) is 16.9. The van der Waals surface area contributed by atoms with Gasteiger partial charge in [-0.2, -0.15) is 0 Å². The molecular weight excluding hydrogens is 358 g/mol. The molecular formula is C26H25NO2. The van der Waals surface area contributed by atoms with Crippen LogP contribution in [0.5, 0.6) is 0 Å². The summed E-state index contributed by atoms with van der Waals surface area (Å²) in [5.41, 5.74) is 2.68. The fourth-order valence-electron chi connectivity index (χ4n) is 4.04. The fourth-order valence-corrected chi connectivity index (χ4v) is 4.04. The molecule has 3 heteroatoms. The third kappa shape index (κ3) is 4.14. The lowest BCUT2D eigenvalue weighted by molar-refractivity contribution is -0.117. The van der Waals surface area contributed by atoms with Crippen molar-refractivity contribution < 1.29 is 9.90 Å². The van der Waals surface area contributed by atoms with Crippen LogP contribution in [-0.2, 0) is 11.2 Å². The van der Waals surface area contributed by atoms with Gasteiger partial charge in [-0.05, 0) is 28.9 Å². The first-order chi connectivity index (χ1) is 13.9. The second-order valence-electron chi connectivity index (χ2n) is 8.48. The van der Waals surface area contributed by atoms with E-state index < -0.39 is 0 Å². The average Bonchev–Trinajstić information content (AvgIpc) is 2.68.